The van der Waals surface area contributed by atoms with Crippen LogP contribution in [0.4, 0.5) is 11.4 Å². The van der Waals surface area contributed by atoms with Gasteiger partial charge in [-0.25, -0.2) is 0 Å². The monoisotopic (exact) mass is 291 g/mol. The number of hydrogen-bond acceptors (Lipinski definition) is 5. The number of nitro groups is 1. The van der Waals surface area contributed by atoms with Crippen LogP contribution in [0.3, 0.4) is 0 Å². The lowest BCUT2D eigenvalue weighted by molar-refractivity contribution is -0.385. The number of anilines is 1. The topological polar surface area (TPSA) is 67.6 Å². The van der Waals surface area contributed by atoms with Gasteiger partial charge in [-0.15, -0.1) is 0 Å². The van der Waals surface area contributed by atoms with E-state index < -0.39 is 4.92 Å². The molecule has 0 saturated carbocycles. The van der Waals surface area contributed by atoms with Gasteiger partial charge in [0.1, 0.15) is 0 Å². The molecule has 0 aromatic heterocycles. The Morgan fingerprint density at radius 3 is 2.57 bits per heavy atom. The number of nitrogens with zero attached hydrogens (tertiary/aromatic N) is 2. The summed E-state index contributed by atoms with van der Waals surface area (Å²) >= 11 is 0. The molecule has 2 saturated heterocycles. The maximum atomic E-state index is 11.0. The van der Waals surface area contributed by atoms with Crippen molar-refractivity contribution in [1.82, 2.24) is 5.32 Å². The molecule has 0 radical (unpaired) electrons. The number of methoxy groups -OCH3 is 1. The first-order valence-electron chi connectivity index (χ1n) is 7.40. The Kier molecular flexibility index (Phi) is 3.71. The van der Waals surface area contributed by atoms with Crippen LogP contribution in [-0.2, 0) is 0 Å². The summed E-state index contributed by atoms with van der Waals surface area (Å²) in [6, 6.07) is 6.83. The Morgan fingerprint density at radius 2 is 2.00 bits per heavy atom. The predicted octanol–water partition coefficient (Wildman–Crippen LogP) is 2.32. The van der Waals surface area contributed by atoms with E-state index in [9.17, 15) is 10.1 Å². The molecule has 0 spiro atoms. The number of benzene rings is 1. The summed E-state index contributed by atoms with van der Waals surface area (Å²) in [7, 11) is 3.53. The molecule has 2 heterocycles. The Bertz CT molecular complexity index is 537. The number of fused-ring (bicyclic) bond motifs is 2. The zero-order valence-electron chi connectivity index (χ0n) is 12.4. The molecule has 1 aromatic rings. The van der Waals surface area contributed by atoms with Gasteiger partial charge in [0.15, 0.2) is 5.75 Å². The van der Waals surface area contributed by atoms with Crippen molar-refractivity contribution in [3.63, 3.8) is 0 Å². The van der Waals surface area contributed by atoms with Crippen molar-refractivity contribution in [2.24, 2.45) is 0 Å². The van der Waals surface area contributed by atoms with E-state index >= 15 is 0 Å². The molecule has 2 unspecified atom stereocenters. The van der Waals surface area contributed by atoms with E-state index in [4.69, 9.17) is 4.74 Å². The SMILES string of the molecule is COc1cc(N(C)C2CC3CCC(C2)N3)ccc1[N+](=O)[O-]. The second-order valence-electron chi connectivity index (χ2n) is 5.99. The molecule has 2 fully saturated rings. The van der Waals surface area contributed by atoms with Crippen LogP contribution in [0.1, 0.15) is 25.7 Å². The van der Waals surface area contributed by atoms with E-state index in [0.29, 0.717) is 23.9 Å². The minimum Gasteiger partial charge on any atom is -0.490 e. The van der Waals surface area contributed by atoms with Gasteiger partial charge in [-0.3, -0.25) is 10.1 Å². The van der Waals surface area contributed by atoms with Crippen molar-refractivity contribution < 1.29 is 9.66 Å². The number of piperidine rings is 1. The highest BCUT2D eigenvalue weighted by atomic mass is 16.6. The van der Waals surface area contributed by atoms with Crippen LogP contribution in [0.5, 0.6) is 5.75 Å². The highest BCUT2D eigenvalue weighted by Crippen LogP contribution is 2.35. The van der Waals surface area contributed by atoms with E-state index in [2.05, 4.69) is 17.3 Å². The van der Waals surface area contributed by atoms with Crippen molar-refractivity contribution in [3.8, 4) is 5.75 Å². The molecule has 0 aliphatic carbocycles. The summed E-state index contributed by atoms with van der Waals surface area (Å²) < 4.78 is 5.16. The first-order valence-corrected chi connectivity index (χ1v) is 7.40. The maximum Gasteiger partial charge on any atom is 0.311 e. The van der Waals surface area contributed by atoms with Gasteiger partial charge in [-0.05, 0) is 31.7 Å². The third-order valence-corrected chi connectivity index (χ3v) is 4.76. The molecule has 3 rings (SSSR count). The fourth-order valence-corrected chi connectivity index (χ4v) is 3.59. The number of nitro benzene ring substituents is 1. The van der Waals surface area contributed by atoms with Crippen molar-refractivity contribution in [3.05, 3.63) is 28.3 Å². The van der Waals surface area contributed by atoms with Gasteiger partial charge in [0.25, 0.3) is 0 Å². The molecule has 114 valence electrons. The quantitative estimate of drug-likeness (QED) is 0.681. The van der Waals surface area contributed by atoms with Gasteiger partial charge in [0, 0.05) is 43.0 Å². The summed E-state index contributed by atoms with van der Waals surface area (Å²) in [4.78, 5) is 12.8. The second kappa shape index (κ2) is 5.52. The highest BCUT2D eigenvalue weighted by Gasteiger charge is 2.35. The number of nitrogens with one attached hydrogen (secondary N) is 1. The Labute approximate surface area is 124 Å². The van der Waals surface area contributed by atoms with Crippen LogP contribution < -0.4 is 15.0 Å². The number of hydrogen-bond donors (Lipinski definition) is 1. The molecule has 0 amide bonds. The third-order valence-electron chi connectivity index (χ3n) is 4.76. The van der Waals surface area contributed by atoms with Crippen molar-refractivity contribution in [2.75, 3.05) is 19.1 Å². The fraction of sp³-hybridized carbons (Fsp3) is 0.600. The molecular formula is C15H21N3O3. The van der Waals surface area contributed by atoms with Crippen LogP contribution in [0.15, 0.2) is 18.2 Å². The smallest absolute Gasteiger partial charge is 0.311 e. The van der Waals surface area contributed by atoms with Crippen molar-refractivity contribution >= 4 is 11.4 Å². The molecular weight excluding hydrogens is 270 g/mol. The minimum absolute atomic E-state index is 0.0139. The van der Waals surface area contributed by atoms with Crippen LogP contribution in [0, 0.1) is 10.1 Å². The summed E-state index contributed by atoms with van der Waals surface area (Å²) in [6.07, 6.45) is 4.79. The van der Waals surface area contributed by atoms with E-state index in [1.807, 2.05) is 6.07 Å². The zero-order valence-corrected chi connectivity index (χ0v) is 12.4. The summed E-state index contributed by atoms with van der Waals surface area (Å²) in [5.74, 6) is 0.321. The average Bonchev–Trinajstić information content (AvgIpc) is 2.84. The van der Waals surface area contributed by atoms with Gasteiger partial charge in [0.2, 0.25) is 0 Å². The van der Waals surface area contributed by atoms with Gasteiger partial charge < -0.3 is 15.0 Å². The van der Waals surface area contributed by atoms with Crippen LogP contribution in [-0.4, -0.2) is 37.2 Å². The van der Waals surface area contributed by atoms with E-state index in [1.165, 1.54) is 26.0 Å². The standard InChI is InChI=1S/C15H21N3O3/c1-17(13-7-10-3-4-11(8-13)16-10)12-5-6-14(18(19)20)15(9-12)21-2/h5-6,9-11,13,16H,3-4,7-8H2,1-2H3. The minimum atomic E-state index is -0.409. The van der Waals surface area contributed by atoms with Crippen molar-refractivity contribution in [1.29, 1.82) is 0 Å². The zero-order chi connectivity index (χ0) is 15.0. The van der Waals surface area contributed by atoms with E-state index in [-0.39, 0.29) is 5.69 Å². The molecule has 2 aliphatic heterocycles. The van der Waals surface area contributed by atoms with Gasteiger partial charge >= 0.3 is 5.69 Å². The molecule has 2 bridgehead atoms. The molecule has 1 aromatic carbocycles. The van der Waals surface area contributed by atoms with Crippen LogP contribution >= 0.6 is 0 Å². The van der Waals surface area contributed by atoms with Gasteiger partial charge in [-0.1, -0.05) is 0 Å². The Hall–Kier alpha value is -1.82. The highest BCUT2D eigenvalue weighted by molar-refractivity contribution is 5.59. The van der Waals surface area contributed by atoms with Crippen LogP contribution in [0.25, 0.3) is 0 Å². The molecule has 6 heteroatoms. The maximum absolute atomic E-state index is 11.0. The van der Waals surface area contributed by atoms with Crippen molar-refractivity contribution in [2.45, 2.75) is 43.8 Å². The molecule has 1 N–H and O–H groups in total. The first kappa shape index (κ1) is 14.1. The average molecular weight is 291 g/mol. The van der Waals surface area contributed by atoms with E-state index in [0.717, 1.165) is 18.5 Å². The lowest BCUT2D eigenvalue weighted by atomic mass is 9.98. The van der Waals surface area contributed by atoms with Gasteiger partial charge in [0.05, 0.1) is 12.0 Å². The molecule has 2 aliphatic rings. The fourth-order valence-electron chi connectivity index (χ4n) is 3.59. The second-order valence-corrected chi connectivity index (χ2v) is 5.99. The first-order chi connectivity index (χ1) is 10.1. The largest absolute Gasteiger partial charge is 0.490 e. The summed E-state index contributed by atoms with van der Waals surface area (Å²) in [5, 5.41) is 14.6. The predicted molar refractivity (Wildman–Crippen MR) is 81.0 cm³/mol. The molecule has 21 heavy (non-hydrogen) atoms. The van der Waals surface area contributed by atoms with E-state index in [1.54, 1.807) is 6.07 Å². The summed E-state index contributed by atoms with van der Waals surface area (Å²) in [6.45, 7) is 0. The Morgan fingerprint density at radius 1 is 1.33 bits per heavy atom. The Balaban J connectivity index is 1.81. The van der Waals surface area contributed by atoms with Gasteiger partial charge in [-0.2, -0.15) is 0 Å². The third kappa shape index (κ3) is 2.68. The van der Waals surface area contributed by atoms with Crippen LogP contribution in [0.2, 0.25) is 0 Å². The number of rotatable bonds is 4. The molecule has 2 atom stereocenters. The normalized spacial score (nSPS) is 27.4. The lowest BCUT2D eigenvalue weighted by Crippen LogP contribution is -2.47. The molecule has 6 nitrogen and oxygen atoms in total. The number of ether oxygens (including phenoxy) is 1. The summed E-state index contributed by atoms with van der Waals surface area (Å²) in [5.41, 5.74) is 0.990. The lowest BCUT2D eigenvalue weighted by Gasteiger charge is -2.37.